The molecule has 0 aliphatic heterocycles. The van der Waals surface area contributed by atoms with Crippen molar-refractivity contribution in [3.8, 4) is 0 Å². The van der Waals surface area contributed by atoms with Gasteiger partial charge < -0.3 is 18.8 Å². The molecule has 0 unspecified atom stereocenters. The van der Waals surface area contributed by atoms with Gasteiger partial charge in [-0.05, 0) is 6.07 Å². The molecule has 0 aromatic carbocycles. The van der Waals surface area contributed by atoms with Gasteiger partial charge in [0.05, 0.1) is 33.0 Å². The Balaban J connectivity index is 2.06. The molecule has 0 bridgehead atoms. The highest BCUT2D eigenvalue weighted by Gasteiger charge is 2.04. The number of ether oxygens (including phenoxy) is 3. The monoisotopic (exact) mass is 269 g/mol. The van der Waals surface area contributed by atoms with Gasteiger partial charge in [-0.2, -0.15) is 0 Å². The van der Waals surface area contributed by atoms with Gasteiger partial charge in [0, 0.05) is 38.0 Å². The topological polar surface area (TPSA) is 49.7 Å². The lowest BCUT2D eigenvalue weighted by atomic mass is 10.2. The Morgan fingerprint density at radius 3 is 2.53 bits per heavy atom. The second kappa shape index (κ2) is 9.72. The Bertz CT molecular complexity index is 362. The van der Waals surface area contributed by atoms with Crippen molar-refractivity contribution in [2.45, 2.75) is 19.9 Å². The van der Waals surface area contributed by atoms with Crippen molar-refractivity contribution in [1.82, 2.24) is 4.57 Å². The van der Waals surface area contributed by atoms with Crippen molar-refractivity contribution in [3.05, 3.63) is 24.0 Å². The van der Waals surface area contributed by atoms with Gasteiger partial charge in [-0.1, -0.05) is 6.92 Å². The molecule has 0 N–H and O–H groups in total. The summed E-state index contributed by atoms with van der Waals surface area (Å²) in [7, 11) is 1.65. The van der Waals surface area contributed by atoms with E-state index in [0.29, 0.717) is 39.5 Å². The number of methoxy groups -OCH3 is 1. The Morgan fingerprint density at radius 2 is 1.84 bits per heavy atom. The van der Waals surface area contributed by atoms with Crippen LogP contribution in [0.4, 0.5) is 0 Å². The summed E-state index contributed by atoms with van der Waals surface area (Å²) in [6.07, 6.45) is 4.31. The van der Waals surface area contributed by atoms with Crippen LogP contribution in [-0.2, 0) is 20.8 Å². The zero-order valence-corrected chi connectivity index (χ0v) is 11.8. The summed E-state index contributed by atoms with van der Waals surface area (Å²) in [5.41, 5.74) is 0.769. The number of aromatic nitrogens is 1. The van der Waals surface area contributed by atoms with Crippen LogP contribution < -0.4 is 0 Å². The molecule has 1 aromatic rings. The van der Waals surface area contributed by atoms with E-state index in [1.54, 1.807) is 7.11 Å². The summed E-state index contributed by atoms with van der Waals surface area (Å²) in [5, 5.41) is 0. The van der Waals surface area contributed by atoms with E-state index in [1.165, 1.54) is 0 Å². The first-order chi connectivity index (χ1) is 9.27. The summed E-state index contributed by atoms with van der Waals surface area (Å²) in [6, 6.07) is 1.85. The number of nitrogens with zero attached hydrogens (tertiary/aromatic N) is 1. The van der Waals surface area contributed by atoms with Crippen molar-refractivity contribution in [1.29, 1.82) is 0 Å². The summed E-state index contributed by atoms with van der Waals surface area (Å²) >= 11 is 0. The van der Waals surface area contributed by atoms with Crippen molar-refractivity contribution >= 4 is 5.78 Å². The number of rotatable bonds is 11. The minimum Gasteiger partial charge on any atom is -0.382 e. The molecule has 1 heterocycles. The summed E-state index contributed by atoms with van der Waals surface area (Å²) in [5.74, 6) is 0.172. The lowest BCUT2D eigenvalue weighted by Crippen LogP contribution is -2.11. The van der Waals surface area contributed by atoms with E-state index in [0.717, 1.165) is 12.1 Å². The van der Waals surface area contributed by atoms with Crippen LogP contribution in [0.15, 0.2) is 18.5 Å². The summed E-state index contributed by atoms with van der Waals surface area (Å²) in [4.78, 5) is 11.5. The Kier molecular flexibility index (Phi) is 8.13. The van der Waals surface area contributed by atoms with E-state index >= 15 is 0 Å². The second-order valence-electron chi connectivity index (χ2n) is 4.13. The predicted molar refractivity (Wildman–Crippen MR) is 72.6 cm³/mol. The van der Waals surface area contributed by atoms with Gasteiger partial charge in [0.2, 0.25) is 0 Å². The maximum absolute atomic E-state index is 11.5. The maximum atomic E-state index is 11.5. The van der Waals surface area contributed by atoms with Crippen LogP contribution in [0.2, 0.25) is 0 Å². The van der Waals surface area contributed by atoms with Crippen LogP contribution in [-0.4, -0.2) is 50.5 Å². The highest BCUT2D eigenvalue weighted by atomic mass is 16.5. The van der Waals surface area contributed by atoms with E-state index < -0.39 is 0 Å². The highest BCUT2D eigenvalue weighted by molar-refractivity contribution is 5.95. The molecule has 0 amide bonds. The third kappa shape index (κ3) is 6.52. The van der Waals surface area contributed by atoms with Gasteiger partial charge in [0.25, 0.3) is 0 Å². The molecule has 0 aliphatic rings. The Hall–Kier alpha value is -1.17. The van der Waals surface area contributed by atoms with Gasteiger partial charge in [-0.25, -0.2) is 0 Å². The number of hydrogen-bond donors (Lipinski definition) is 0. The average Bonchev–Trinajstić information content (AvgIpc) is 2.89. The minimum absolute atomic E-state index is 0.172. The smallest absolute Gasteiger partial charge is 0.164 e. The fourth-order valence-corrected chi connectivity index (χ4v) is 1.58. The highest BCUT2D eigenvalue weighted by Crippen LogP contribution is 2.04. The van der Waals surface area contributed by atoms with Gasteiger partial charge in [-0.3, -0.25) is 4.79 Å². The van der Waals surface area contributed by atoms with Crippen LogP contribution >= 0.6 is 0 Å². The van der Waals surface area contributed by atoms with Crippen molar-refractivity contribution in [2.75, 3.05) is 40.1 Å². The van der Waals surface area contributed by atoms with E-state index in [2.05, 4.69) is 0 Å². The van der Waals surface area contributed by atoms with E-state index in [4.69, 9.17) is 14.2 Å². The van der Waals surface area contributed by atoms with Crippen LogP contribution in [0, 0.1) is 0 Å². The maximum Gasteiger partial charge on any atom is 0.164 e. The fourth-order valence-electron chi connectivity index (χ4n) is 1.58. The Labute approximate surface area is 114 Å². The summed E-state index contributed by atoms with van der Waals surface area (Å²) in [6.45, 7) is 5.58. The molecule has 5 nitrogen and oxygen atoms in total. The molecule has 0 saturated heterocycles. The molecule has 0 spiro atoms. The zero-order chi connectivity index (χ0) is 13.9. The van der Waals surface area contributed by atoms with Crippen molar-refractivity contribution in [3.63, 3.8) is 0 Å². The van der Waals surface area contributed by atoms with E-state index in [-0.39, 0.29) is 5.78 Å². The van der Waals surface area contributed by atoms with E-state index in [9.17, 15) is 4.79 Å². The number of carbonyl (C=O) groups is 1. The first-order valence-electron chi connectivity index (χ1n) is 6.61. The predicted octanol–water partition coefficient (Wildman–Crippen LogP) is 1.76. The van der Waals surface area contributed by atoms with Crippen molar-refractivity contribution < 1.29 is 19.0 Å². The fraction of sp³-hybridized carbons (Fsp3) is 0.643. The molecule has 19 heavy (non-hydrogen) atoms. The molecular formula is C14H23NO4. The molecule has 0 aliphatic carbocycles. The van der Waals surface area contributed by atoms with E-state index in [1.807, 2.05) is 30.0 Å². The molecule has 0 fully saturated rings. The zero-order valence-electron chi connectivity index (χ0n) is 11.8. The first-order valence-corrected chi connectivity index (χ1v) is 6.61. The molecule has 1 aromatic heterocycles. The lowest BCUT2D eigenvalue weighted by Gasteiger charge is -2.06. The second-order valence-corrected chi connectivity index (χ2v) is 4.13. The molecule has 0 radical (unpaired) electrons. The SMILES string of the molecule is CCC(=O)c1ccn(CCOCCOCCOC)c1. The van der Waals surface area contributed by atoms with Crippen molar-refractivity contribution in [2.24, 2.45) is 0 Å². The molecule has 1 rings (SSSR count). The molecule has 5 heteroatoms. The lowest BCUT2D eigenvalue weighted by molar-refractivity contribution is 0.0230. The summed E-state index contributed by atoms with van der Waals surface area (Å²) < 4.78 is 17.5. The minimum atomic E-state index is 0.172. The van der Waals surface area contributed by atoms with Crippen LogP contribution in [0.1, 0.15) is 23.7 Å². The average molecular weight is 269 g/mol. The van der Waals surface area contributed by atoms with Gasteiger partial charge >= 0.3 is 0 Å². The largest absolute Gasteiger partial charge is 0.382 e. The molecular weight excluding hydrogens is 246 g/mol. The number of Topliss-reactive ketones (excluding diaryl/α,β-unsaturated/α-hetero) is 1. The third-order valence-corrected chi connectivity index (χ3v) is 2.69. The van der Waals surface area contributed by atoms with Gasteiger partial charge in [-0.15, -0.1) is 0 Å². The van der Waals surface area contributed by atoms with Crippen LogP contribution in [0.5, 0.6) is 0 Å². The first kappa shape index (κ1) is 15.9. The third-order valence-electron chi connectivity index (χ3n) is 2.69. The van der Waals surface area contributed by atoms with Crippen LogP contribution in [0.3, 0.4) is 0 Å². The Morgan fingerprint density at radius 1 is 1.16 bits per heavy atom. The number of ketones is 1. The standard InChI is InChI=1S/C14H23NO4/c1-3-14(16)13-4-5-15(12-13)6-7-18-10-11-19-9-8-17-2/h4-5,12H,3,6-11H2,1-2H3. The molecule has 0 saturated carbocycles. The van der Waals surface area contributed by atoms with Gasteiger partial charge in [0.15, 0.2) is 5.78 Å². The quantitative estimate of drug-likeness (QED) is 0.454. The van der Waals surface area contributed by atoms with Gasteiger partial charge in [0.1, 0.15) is 0 Å². The number of hydrogen-bond acceptors (Lipinski definition) is 4. The molecule has 0 atom stereocenters. The normalized spacial score (nSPS) is 10.8. The molecule has 108 valence electrons. The van der Waals surface area contributed by atoms with Crippen LogP contribution in [0.25, 0.3) is 0 Å². The number of carbonyl (C=O) groups excluding carboxylic acids is 1.